The molecule has 32 nitrogen and oxygen atoms in total. The van der Waals surface area contributed by atoms with Crippen molar-refractivity contribution in [2.45, 2.75) is 129 Å². The van der Waals surface area contributed by atoms with E-state index in [-0.39, 0.29) is 46.8 Å². The lowest BCUT2D eigenvalue weighted by molar-refractivity contribution is -0.135. The smallest absolute Gasteiger partial charge is 0.358 e. The summed E-state index contributed by atoms with van der Waals surface area (Å²) >= 11 is 2.89. The van der Waals surface area contributed by atoms with E-state index in [4.69, 9.17) is 34.4 Å². The van der Waals surface area contributed by atoms with Gasteiger partial charge in [0.2, 0.25) is 23.6 Å². The number of pyridine rings is 2. The maximum atomic E-state index is 14.1. The number of hydrogen-bond donors (Lipinski definition) is 5. The topological polar surface area (TPSA) is 346 Å². The number of amides is 6. The lowest BCUT2D eigenvalue weighted by atomic mass is 9.92. The maximum absolute atomic E-state index is 14.1. The molecule has 8 aliphatic rings. The minimum absolute atomic E-state index is 0.0325. The SMILES string of the molecule is Cc1c(OCCN2CCN(CC3CCN(c4ccc5c(C6CCC(=O)NC6=O)nn(C)c5c4)CC3)CC2)cccc1-c1ccc(N2CCc3cccc(C(=O)Nc4nc5ccccc5s4)c3C2)nc1C(=O)O.Cc1c(OCCN2CCN(CC3CCN(c4ccc5c(C6CCC(=O)NC6=O)nn(C)c5c4)CC3)CC2)cccc1-c1ccc(N2CCc3cccc(C(=O)Nc4nc5ccccc5s4)c3C2)nc1C(=O)OC(C)(C)C. The number of para-hydroxylation sites is 2. The summed E-state index contributed by atoms with van der Waals surface area (Å²) in [6.07, 6.45) is 7.58. The Morgan fingerprint density at radius 2 is 0.858 bits per heavy atom. The fraction of sp³-hybridized carbons (Fsp3) is 0.386. The van der Waals surface area contributed by atoms with Gasteiger partial charge in [0.25, 0.3) is 11.8 Å². The number of carbonyl (C=O) groups is 8. The number of carbonyl (C=O) groups excluding carboxylic acids is 7. The number of thiazole rings is 2. The Labute approximate surface area is 867 Å². The van der Waals surface area contributed by atoms with Gasteiger partial charge in [-0.1, -0.05) is 95.5 Å². The number of benzene rings is 8. The van der Waals surface area contributed by atoms with E-state index in [0.29, 0.717) is 134 Å². The third-order valence-corrected chi connectivity index (χ3v) is 32.4. The highest BCUT2D eigenvalue weighted by atomic mass is 32.1. The molecule has 8 aromatic carbocycles. The number of piperazine rings is 2. The average Bonchev–Trinajstić information content (AvgIpc) is 1.72. The standard InChI is InChI=1S/C59H66N10O6S.C55H58N10O6S/c1-37-41(42-18-20-51(61-54(42)57(73)75-59(2,3)4)69-27-24-39-10-8-12-43(46(39)36-69)55(71)63-58-60-47-13-6-7-15-50(47)76-58)11-9-14-49(37)74-33-32-66-28-30-67(31-29-66)35-38-22-25-68(26-23-38)40-16-17-44-48(34-40)65(5)64-53(44)45-19-21-52(70)62-56(45)72;1-34-38(39-15-17-48(57-51(39)54(69)70)65-24-21-36-7-5-9-40(43(36)33-65)52(67)59-55-56-44-10-3-4-12-47(44)72-55)8-6-11-46(34)71-30-29-62-25-27-63(28-26-62)32-35-19-22-64(23-20-35)37-13-14-41-45(31-37)61(2)60-50(41)42-16-18-49(66)58-53(42)68/h6-18,20,34,38,45H,19,21-33,35-36H2,1-5H3,(H,60,63,71)(H,62,70,72);3-15,17,31,35,42H,16,18-30,32-33H2,1-2H3,(H,69,70)(H,56,59,67)(H,58,66,68). The summed E-state index contributed by atoms with van der Waals surface area (Å²) in [5.41, 5.74) is 16.8. The summed E-state index contributed by atoms with van der Waals surface area (Å²) in [4.78, 5) is 141. The van der Waals surface area contributed by atoms with Gasteiger partial charge in [-0.3, -0.25) is 69.2 Å². The van der Waals surface area contributed by atoms with Gasteiger partial charge in [-0.2, -0.15) is 10.2 Å². The van der Waals surface area contributed by atoms with Crippen LogP contribution in [0.15, 0.2) is 182 Å². The van der Waals surface area contributed by atoms with Crippen LogP contribution in [0.5, 0.6) is 11.5 Å². The molecule has 6 aromatic heterocycles. The molecular formula is C114H124N20O12S2. The van der Waals surface area contributed by atoms with Crippen LogP contribution in [0, 0.1) is 25.7 Å². The normalized spacial score (nSPS) is 18.0. The van der Waals surface area contributed by atoms with Crippen molar-refractivity contribution in [2.75, 3.05) is 161 Å². The third-order valence-electron chi connectivity index (χ3n) is 30.5. The lowest BCUT2D eigenvalue weighted by Crippen LogP contribution is -2.49. The number of rotatable bonds is 26. The van der Waals surface area contributed by atoms with Crippen LogP contribution in [0.25, 0.3) is 64.5 Å². The largest absolute Gasteiger partial charge is 0.492 e. The predicted molar refractivity (Wildman–Crippen MR) is 577 cm³/mol. The molecule has 22 rings (SSSR count). The van der Waals surface area contributed by atoms with Crippen LogP contribution in [-0.4, -0.2) is 248 Å². The van der Waals surface area contributed by atoms with Crippen molar-refractivity contribution in [1.82, 2.24) is 69.7 Å². The fourth-order valence-corrected chi connectivity index (χ4v) is 24.1. The Bertz CT molecular complexity index is 7370. The number of hydrogen-bond acceptors (Lipinski definition) is 27. The minimum atomic E-state index is -1.11. The molecule has 6 fully saturated rings. The number of imide groups is 2. The molecule has 0 aliphatic carbocycles. The number of carboxylic acid groups (broad SMARTS) is 1. The second-order valence-electron chi connectivity index (χ2n) is 41.2. The average molecular weight is 2030 g/mol. The van der Waals surface area contributed by atoms with Crippen molar-refractivity contribution in [3.05, 3.63) is 249 Å². The molecule has 34 heteroatoms. The van der Waals surface area contributed by atoms with Crippen molar-refractivity contribution in [1.29, 1.82) is 0 Å². The number of ether oxygens (including phenoxy) is 3. The van der Waals surface area contributed by atoms with E-state index in [0.717, 1.165) is 240 Å². The van der Waals surface area contributed by atoms with Crippen LogP contribution >= 0.6 is 22.7 Å². The van der Waals surface area contributed by atoms with Gasteiger partial charge < -0.3 is 48.7 Å². The van der Waals surface area contributed by atoms with Gasteiger partial charge in [-0.25, -0.2) is 29.5 Å². The highest BCUT2D eigenvalue weighted by molar-refractivity contribution is 7.22. The number of aromatic nitrogens is 8. The number of nitrogens with one attached hydrogen (secondary N) is 4. The van der Waals surface area contributed by atoms with Gasteiger partial charge in [0.15, 0.2) is 21.7 Å². The number of fused-ring (bicyclic) bond motifs is 6. The molecule has 148 heavy (non-hydrogen) atoms. The number of nitrogens with zero attached hydrogens (tertiary/aromatic N) is 16. The molecule has 8 aliphatic heterocycles. The second-order valence-corrected chi connectivity index (χ2v) is 43.2. The second kappa shape index (κ2) is 43.2. The minimum Gasteiger partial charge on any atom is -0.492 e. The van der Waals surface area contributed by atoms with Gasteiger partial charge in [0.05, 0.1) is 54.7 Å². The molecule has 2 unspecified atom stereocenters. The van der Waals surface area contributed by atoms with Crippen LogP contribution in [0.1, 0.15) is 170 Å². The molecule has 764 valence electrons. The first-order valence-electron chi connectivity index (χ1n) is 51.7. The lowest BCUT2D eigenvalue weighted by Gasteiger charge is -2.39. The van der Waals surface area contributed by atoms with E-state index < -0.39 is 29.4 Å². The van der Waals surface area contributed by atoms with Crippen molar-refractivity contribution in [3.8, 4) is 33.8 Å². The van der Waals surface area contributed by atoms with E-state index >= 15 is 0 Å². The van der Waals surface area contributed by atoms with Crippen LogP contribution in [0.4, 0.5) is 33.3 Å². The van der Waals surface area contributed by atoms with Gasteiger partial charge in [-0.15, -0.1) is 0 Å². The highest BCUT2D eigenvalue weighted by Crippen LogP contribution is 2.43. The fourth-order valence-electron chi connectivity index (χ4n) is 22.4. The monoisotopic (exact) mass is 2030 g/mol. The van der Waals surface area contributed by atoms with Crippen LogP contribution < -0.4 is 50.3 Å². The van der Waals surface area contributed by atoms with E-state index in [1.165, 1.54) is 34.0 Å². The summed E-state index contributed by atoms with van der Waals surface area (Å²) < 4.78 is 24.6. The maximum Gasteiger partial charge on any atom is 0.358 e. The first kappa shape index (κ1) is 99.5. The Morgan fingerprint density at radius 3 is 1.28 bits per heavy atom. The summed E-state index contributed by atoms with van der Waals surface area (Å²) in [7, 11) is 3.84. The predicted octanol–water partition coefficient (Wildman–Crippen LogP) is 16.3. The summed E-state index contributed by atoms with van der Waals surface area (Å²) in [6, 6.07) is 59.5. The van der Waals surface area contributed by atoms with E-state index in [1.54, 1.807) is 0 Å². The van der Waals surface area contributed by atoms with Gasteiger partial charge >= 0.3 is 11.9 Å². The Morgan fingerprint density at radius 1 is 0.439 bits per heavy atom. The Balaban J connectivity index is 0.000000174. The number of anilines is 6. The van der Waals surface area contributed by atoms with Crippen molar-refractivity contribution >= 4 is 146 Å². The van der Waals surface area contributed by atoms with E-state index in [1.807, 2.05) is 203 Å². The van der Waals surface area contributed by atoms with Gasteiger partial charge in [-0.05, 0) is 252 Å². The summed E-state index contributed by atoms with van der Waals surface area (Å²) in [5, 5.41) is 34.0. The molecule has 5 N–H and O–H groups in total. The Kier molecular flexibility index (Phi) is 29.0. The third kappa shape index (κ3) is 21.8. The van der Waals surface area contributed by atoms with E-state index in [9.17, 15) is 43.5 Å². The molecule has 14 heterocycles. The highest BCUT2D eigenvalue weighted by Gasteiger charge is 2.38. The molecule has 6 amide bonds. The van der Waals surface area contributed by atoms with Crippen molar-refractivity contribution in [3.63, 3.8) is 0 Å². The number of esters is 1. The molecule has 0 saturated carbocycles. The van der Waals surface area contributed by atoms with Crippen LogP contribution in [-0.2, 0) is 63.9 Å². The van der Waals surface area contributed by atoms with E-state index in [2.05, 4.69) is 108 Å². The molecule has 0 radical (unpaired) electrons. The molecular weight excluding hydrogens is 1910 g/mol. The van der Waals surface area contributed by atoms with Crippen molar-refractivity contribution in [2.24, 2.45) is 25.9 Å². The first-order chi connectivity index (χ1) is 71.7. The molecule has 0 bridgehead atoms. The summed E-state index contributed by atoms with van der Waals surface area (Å²) in [6.45, 7) is 28.7. The number of aryl methyl sites for hydroxylation is 2. The van der Waals surface area contributed by atoms with Gasteiger partial charge in [0, 0.05) is 202 Å². The van der Waals surface area contributed by atoms with Crippen LogP contribution in [0.2, 0.25) is 0 Å². The Hall–Kier alpha value is -14.4. The molecule has 6 saturated heterocycles. The number of piperidine rings is 4. The van der Waals surface area contributed by atoms with Crippen LogP contribution in [0.3, 0.4) is 0 Å². The van der Waals surface area contributed by atoms with Gasteiger partial charge in [0.1, 0.15) is 41.9 Å². The zero-order chi connectivity index (χ0) is 102. The zero-order valence-corrected chi connectivity index (χ0v) is 86.3. The quantitative estimate of drug-likeness (QED) is 0.0248. The molecule has 2 atom stereocenters. The first-order valence-corrected chi connectivity index (χ1v) is 53.4. The number of carboxylic acids is 1. The number of aromatic carboxylic acids is 1. The van der Waals surface area contributed by atoms with Crippen molar-refractivity contribution < 1.29 is 57.7 Å². The summed E-state index contributed by atoms with van der Waals surface area (Å²) in [5.74, 6) is 0.130. The molecule has 0 spiro atoms. The zero-order valence-electron chi connectivity index (χ0n) is 84.7. The molecule has 14 aromatic rings.